The monoisotopic (exact) mass is 490 g/mol. The van der Waals surface area contributed by atoms with Crippen LogP contribution in [0, 0.1) is 50.7 Å². The molecule has 0 bridgehead atoms. The average Bonchev–Trinajstić information content (AvgIpc) is 3.40. The van der Waals surface area contributed by atoms with Crippen LogP contribution in [0.25, 0.3) is 0 Å². The summed E-state index contributed by atoms with van der Waals surface area (Å²) < 4.78 is 6.59. The molecule has 1 heterocycles. The van der Waals surface area contributed by atoms with E-state index in [2.05, 4.69) is 34.6 Å². The molecule has 5 aliphatic carbocycles. The fourth-order valence-corrected chi connectivity index (χ4v) is 12.0. The summed E-state index contributed by atoms with van der Waals surface area (Å²) >= 11 is 0. The van der Waals surface area contributed by atoms with Crippen molar-refractivity contribution in [3.05, 3.63) is 0 Å². The predicted octanol–water partition coefficient (Wildman–Crippen LogP) is 4.29. The summed E-state index contributed by atoms with van der Waals surface area (Å²) in [6.45, 7) is 15.0. The summed E-state index contributed by atoms with van der Waals surface area (Å²) in [6.07, 6.45) is 6.23. The van der Waals surface area contributed by atoms with E-state index in [9.17, 15) is 20.4 Å². The van der Waals surface area contributed by atoms with E-state index in [1.807, 2.05) is 0 Å². The second kappa shape index (κ2) is 7.05. The highest BCUT2D eigenvalue weighted by Crippen LogP contribution is 2.89. The Hall–Kier alpha value is -0.200. The Kier molecular flexibility index (Phi) is 5.06. The highest BCUT2D eigenvalue weighted by atomic mass is 16.5. The normalized spacial score (nSPS) is 59.4. The molecular weight excluding hydrogens is 440 g/mol. The number of aliphatic hydroxyl groups excluding tert-OH is 3. The average molecular weight is 491 g/mol. The summed E-state index contributed by atoms with van der Waals surface area (Å²) in [7, 11) is 0. The lowest BCUT2D eigenvalue weighted by Gasteiger charge is -2.63. The Morgan fingerprint density at radius 1 is 0.914 bits per heavy atom. The van der Waals surface area contributed by atoms with E-state index in [0.29, 0.717) is 28.6 Å². The van der Waals surface area contributed by atoms with Crippen LogP contribution < -0.4 is 0 Å². The number of hydrogen-bond donors (Lipinski definition) is 4. The van der Waals surface area contributed by atoms with Crippen LogP contribution in [0.4, 0.5) is 0 Å². The van der Waals surface area contributed by atoms with Gasteiger partial charge in [-0.1, -0.05) is 34.6 Å². The van der Waals surface area contributed by atoms with Gasteiger partial charge in [-0.3, -0.25) is 0 Å². The number of hydrogen-bond acceptors (Lipinski definition) is 5. The first kappa shape index (κ1) is 25.1. The molecular formula is C30H50O5. The molecule has 13 atom stereocenters. The van der Waals surface area contributed by atoms with Gasteiger partial charge in [0.15, 0.2) is 0 Å². The molecule has 0 aromatic carbocycles. The molecule has 2 spiro atoms. The Bertz CT molecular complexity index is 896. The van der Waals surface area contributed by atoms with E-state index in [-0.39, 0.29) is 34.4 Å². The molecule has 1 aliphatic heterocycles. The maximum Gasteiger partial charge on any atom is 0.108 e. The summed E-state index contributed by atoms with van der Waals surface area (Å²) in [5, 5.41) is 44.4. The minimum absolute atomic E-state index is 0.00259. The molecule has 0 aromatic rings. The van der Waals surface area contributed by atoms with E-state index in [4.69, 9.17) is 4.74 Å². The van der Waals surface area contributed by atoms with Crippen molar-refractivity contribution in [2.75, 3.05) is 0 Å². The van der Waals surface area contributed by atoms with Gasteiger partial charge in [-0.2, -0.15) is 0 Å². The van der Waals surface area contributed by atoms with E-state index in [1.165, 1.54) is 12.8 Å². The second-order valence-electron chi connectivity index (χ2n) is 15.7. The second-order valence-corrected chi connectivity index (χ2v) is 15.7. The molecule has 200 valence electrons. The van der Waals surface area contributed by atoms with Crippen LogP contribution in [0.5, 0.6) is 0 Å². The van der Waals surface area contributed by atoms with E-state index >= 15 is 0 Å². The van der Waals surface area contributed by atoms with Gasteiger partial charge < -0.3 is 25.2 Å². The van der Waals surface area contributed by atoms with Crippen molar-refractivity contribution in [1.82, 2.24) is 0 Å². The van der Waals surface area contributed by atoms with Crippen molar-refractivity contribution in [3.63, 3.8) is 0 Å². The van der Waals surface area contributed by atoms with E-state index in [0.717, 1.165) is 38.5 Å². The number of aliphatic hydroxyl groups is 4. The van der Waals surface area contributed by atoms with Crippen molar-refractivity contribution in [2.45, 2.75) is 136 Å². The summed E-state index contributed by atoms with van der Waals surface area (Å²) in [5.41, 5.74) is -0.860. The lowest BCUT2D eigenvalue weighted by molar-refractivity contribution is -0.202. The van der Waals surface area contributed by atoms with Gasteiger partial charge in [-0.05, 0) is 111 Å². The van der Waals surface area contributed by atoms with Gasteiger partial charge in [-0.25, -0.2) is 0 Å². The first-order chi connectivity index (χ1) is 16.1. The highest BCUT2D eigenvalue weighted by molar-refractivity contribution is 5.32. The summed E-state index contributed by atoms with van der Waals surface area (Å²) in [5.74, 6) is 1.64. The van der Waals surface area contributed by atoms with Crippen LogP contribution >= 0.6 is 0 Å². The lowest BCUT2D eigenvalue weighted by Crippen LogP contribution is -2.59. The Balaban J connectivity index is 1.36. The third-order valence-electron chi connectivity index (χ3n) is 13.9. The minimum atomic E-state index is -1.23. The Morgan fingerprint density at radius 2 is 1.54 bits per heavy atom. The van der Waals surface area contributed by atoms with Gasteiger partial charge in [0.2, 0.25) is 0 Å². The fourth-order valence-electron chi connectivity index (χ4n) is 12.0. The van der Waals surface area contributed by atoms with E-state index < -0.39 is 23.9 Å². The van der Waals surface area contributed by atoms with Gasteiger partial charge in [-0.15, -0.1) is 0 Å². The molecule has 0 amide bonds. The van der Waals surface area contributed by atoms with E-state index in [1.54, 1.807) is 13.8 Å². The van der Waals surface area contributed by atoms with Gasteiger partial charge >= 0.3 is 0 Å². The van der Waals surface area contributed by atoms with Crippen LogP contribution in [0.1, 0.15) is 99.8 Å². The largest absolute Gasteiger partial charge is 0.393 e. The van der Waals surface area contributed by atoms with Crippen molar-refractivity contribution in [3.8, 4) is 0 Å². The number of rotatable bonds is 2. The lowest BCUT2D eigenvalue weighted by atomic mass is 9.41. The molecule has 2 unspecified atom stereocenters. The van der Waals surface area contributed by atoms with Crippen molar-refractivity contribution in [2.24, 2.45) is 50.7 Å². The van der Waals surface area contributed by atoms with Crippen molar-refractivity contribution in [1.29, 1.82) is 0 Å². The molecule has 0 aromatic heterocycles. The smallest absolute Gasteiger partial charge is 0.108 e. The first-order valence-corrected chi connectivity index (χ1v) is 14.5. The summed E-state index contributed by atoms with van der Waals surface area (Å²) in [6, 6.07) is 0. The molecule has 6 rings (SSSR count). The van der Waals surface area contributed by atoms with Crippen LogP contribution in [0.3, 0.4) is 0 Å². The zero-order chi connectivity index (χ0) is 25.6. The molecule has 6 aliphatic rings. The maximum absolute atomic E-state index is 12.2. The highest BCUT2D eigenvalue weighted by Gasteiger charge is 2.84. The SMILES string of the molecule is C[C@@H]1C[C@H]([C@H](O)C(C)(C)O)OC2C1[C@@]1(C)CC[C@@]34C[C@@]35CC[C@H](O)C(C)(C)[C@@H]5CC[C@H]4[C@]1(C)[C@H]2O. The van der Waals surface area contributed by atoms with Crippen LogP contribution in [0.2, 0.25) is 0 Å². The Labute approximate surface area is 212 Å². The predicted molar refractivity (Wildman–Crippen MR) is 134 cm³/mol. The van der Waals surface area contributed by atoms with Gasteiger partial charge in [0.1, 0.15) is 6.10 Å². The fraction of sp³-hybridized carbons (Fsp3) is 1.00. The zero-order valence-electron chi connectivity index (χ0n) is 23.1. The first-order valence-electron chi connectivity index (χ1n) is 14.5. The third-order valence-corrected chi connectivity index (χ3v) is 13.9. The molecule has 35 heavy (non-hydrogen) atoms. The van der Waals surface area contributed by atoms with Crippen LogP contribution in [-0.4, -0.2) is 56.5 Å². The molecule has 6 fully saturated rings. The quantitative estimate of drug-likeness (QED) is 0.464. The molecule has 0 radical (unpaired) electrons. The Morgan fingerprint density at radius 3 is 2.20 bits per heavy atom. The molecule has 1 saturated heterocycles. The van der Waals surface area contributed by atoms with Gasteiger partial charge in [0, 0.05) is 5.41 Å². The van der Waals surface area contributed by atoms with Gasteiger partial charge in [0.05, 0.1) is 30.0 Å². The number of ether oxygens (including phenoxy) is 1. The van der Waals surface area contributed by atoms with Gasteiger partial charge in [0.25, 0.3) is 0 Å². The minimum Gasteiger partial charge on any atom is -0.393 e. The molecule has 4 N–H and O–H groups in total. The standard InChI is InChI=1S/C30H50O5/c1-16-14-17(23(32)26(4,5)34)35-22-21(16)27(6)12-13-30-15-29(30)11-10-20(31)25(2,3)18(29)8-9-19(30)28(27,7)24(22)33/h16-24,31-34H,8-15H2,1-7H3/t16-,17-,18+,19+,20+,21?,22?,23+,24+,27-,28-,29-,30+/m1/s1. The topological polar surface area (TPSA) is 90.2 Å². The summed E-state index contributed by atoms with van der Waals surface area (Å²) in [4.78, 5) is 0. The molecule has 5 nitrogen and oxygen atoms in total. The number of fused-ring (bicyclic) bond motifs is 4. The van der Waals surface area contributed by atoms with Crippen molar-refractivity contribution < 1.29 is 25.2 Å². The third kappa shape index (κ3) is 2.73. The van der Waals surface area contributed by atoms with Crippen LogP contribution in [0.15, 0.2) is 0 Å². The van der Waals surface area contributed by atoms with Crippen LogP contribution in [-0.2, 0) is 4.74 Å². The van der Waals surface area contributed by atoms with Crippen molar-refractivity contribution >= 4 is 0 Å². The molecule has 5 saturated carbocycles. The zero-order valence-corrected chi connectivity index (χ0v) is 23.1. The molecule has 5 heteroatoms. The maximum atomic E-state index is 12.2.